The largest absolute Gasteiger partial charge is 0.228 e. The fourth-order valence-corrected chi connectivity index (χ4v) is 8.33. The molecular formula is C58H38N4. The first kappa shape index (κ1) is 36.7. The van der Waals surface area contributed by atoms with Gasteiger partial charge in [-0.2, -0.15) is 0 Å². The minimum absolute atomic E-state index is 0.675. The summed E-state index contributed by atoms with van der Waals surface area (Å²) < 4.78 is 0. The van der Waals surface area contributed by atoms with Crippen LogP contribution in [-0.4, -0.2) is 19.9 Å². The normalized spacial score (nSPS) is 11.2. The molecule has 0 N–H and O–H groups in total. The topological polar surface area (TPSA) is 51.6 Å². The molecule has 0 radical (unpaired) electrons. The van der Waals surface area contributed by atoms with Crippen LogP contribution in [0.15, 0.2) is 231 Å². The van der Waals surface area contributed by atoms with E-state index in [4.69, 9.17) is 19.9 Å². The number of benzene rings is 9. The highest BCUT2D eigenvalue weighted by atomic mass is 14.9. The van der Waals surface area contributed by atoms with E-state index in [2.05, 4.69) is 206 Å². The van der Waals surface area contributed by atoms with Gasteiger partial charge in [0.1, 0.15) is 0 Å². The van der Waals surface area contributed by atoms with Crippen LogP contribution in [0.3, 0.4) is 0 Å². The van der Waals surface area contributed by atoms with Crippen molar-refractivity contribution in [3.63, 3.8) is 0 Å². The maximum Gasteiger partial charge on any atom is 0.160 e. The van der Waals surface area contributed by atoms with E-state index in [1.165, 1.54) is 22.3 Å². The Morgan fingerprint density at radius 3 is 1.00 bits per heavy atom. The number of hydrogen-bond acceptors (Lipinski definition) is 4. The summed E-state index contributed by atoms with van der Waals surface area (Å²) in [6, 6.07) is 80.5. The molecule has 0 aliphatic carbocycles. The van der Waals surface area contributed by atoms with Gasteiger partial charge in [-0.25, -0.2) is 19.9 Å². The van der Waals surface area contributed by atoms with Gasteiger partial charge in [0.25, 0.3) is 0 Å². The van der Waals surface area contributed by atoms with E-state index in [1.807, 2.05) is 24.3 Å². The molecule has 0 spiro atoms. The lowest BCUT2D eigenvalue weighted by Crippen LogP contribution is -1.96. The summed E-state index contributed by atoms with van der Waals surface area (Å²) in [5, 5.41) is 2.03. The lowest BCUT2D eigenvalue weighted by atomic mass is 9.96. The third kappa shape index (κ3) is 7.20. The van der Waals surface area contributed by atoms with Crippen LogP contribution in [0.1, 0.15) is 0 Å². The molecule has 290 valence electrons. The fraction of sp³-hybridized carbons (Fsp3) is 0. The van der Waals surface area contributed by atoms with Crippen LogP contribution in [0.5, 0.6) is 0 Å². The van der Waals surface area contributed by atoms with Crippen molar-refractivity contribution < 1.29 is 0 Å². The average molecular weight is 791 g/mol. The van der Waals surface area contributed by atoms with Crippen molar-refractivity contribution in [1.82, 2.24) is 19.9 Å². The Hall–Kier alpha value is -8.34. The third-order valence-corrected chi connectivity index (χ3v) is 11.5. The lowest BCUT2D eigenvalue weighted by Gasteiger charge is -2.13. The second-order valence-electron chi connectivity index (χ2n) is 15.5. The molecule has 4 nitrogen and oxygen atoms in total. The standard InChI is InChI=1S/C58H38N4/c1-3-15-39(16-4-1)41-31-33-42(34-32-41)55-51-27-7-9-29-53(51)59-57(61-55)49-25-13-22-46(37-49)47-23-14-26-50(38-47)58-60-54-30-10-8-28-52(54)56(62-58)48-24-12-21-45(36-48)44-20-11-19-43(35-44)40-17-5-2-6-18-40/h1-38H. The molecule has 0 aliphatic rings. The molecule has 9 aromatic carbocycles. The Morgan fingerprint density at radius 1 is 0.194 bits per heavy atom. The van der Waals surface area contributed by atoms with Crippen molar-refractivity contribution in [3.05, 3.63) is 231 Å². The summed E-state index contributed by atoms with van der Waals surface area (Å²) in [6.07, 6.45) is 0. The van der Waals surface area contributed by atoms with Crippen molar-refractivity contribution in [2.45, 2.75) is 0 Å². The first-order valence-electron chi connectivity index (χ1n) is 20.9. The Labute approximate surface area is 360 Å². The molecule has 0 fully saturated rings. The number of fused-ring (bicyclic) bond motifs is 2. The quantitative estimate of drug-likeness (QED) is 0.154. The van der Waals surface area contributed by atoms with Crippen molar-refractivity contribution in [2.75, 3.05) is 0 Å². The summed E-state index contributed by atoms with van der Waals surface area (Å²) >= 11 is 0. The molecule has 2 heterocycles. The van der Waals surface area contributed by atoms with Crippen LogP contribution < -0.4 is 0 Å². The lowest BCUT2D eigenvalue weighted by molar-refractivity contribution is 1.23. The first-order valence-corrected chi connectivity index (χ1v) is 20.9. The minimum atomic E-state index is 0.675. The third-order valence-electron chi connectivity index (χ3n) is 11.5. The predicted octanol–water partition coefficient (Wildman–Crippen LogP) is 14.9. The summed E-state index contributed by atoms with van der Waals surface area (Å²) in [5.41, 5.74) is 16.7. The highest BCUT2D eigenvalue weighted by Crippen LogP contribution is 2.36. The minimum Gasteiger partial charge on any atom is -0.228 e. The van der Waals surface area contributed by atoms with E-state index in [-0.39, 0.29) is 0 Å². The molecule has 62 heavy (non-hydrogen) atoms. The van der Waals surface area contributed by atoms with Gasteiger partial charge in [-0.1, -0.05) is 194 Å². The molecule has 11 aromatic rings. The smallest absolute Gasteiger partial charge is 0.160 e. The van der Waals surface area contributed by atoms with Gasteiger partial charge in [0, 0.05) is 33.0 Å². The second kappa shape index (κ2) is 16.0. The maximum absolute atomic E-state index is 5.30. The van der Waals surface area contributed by atoms with E-state index in [0.29, 0.717) is 11.6 Å². The molecular weight excluding hydrogens is 753 g/mol. The van der Waals surface area contributed by atoms with Crippen LogP contribution in [0.4, 0.5) is 0 Å². The molecule has 0 bridgehead atoms. The van der Waals surface area contributed by atoms with Crippen molar-refractivity contribution >= 4 is 21.8 Å². The zero-order chi connectivity index (χ0) is 41.2. The summed E-state index contributed by atoms with van der Waals surface area (Å²) in [4.78, 5) is 20.7. The molecule has 4 heteroatoms. The Balaban J connectivity index is 0.946. The van der Waals surface area contributed by atoms with Crippen molar-refractivity contribution in [2.24, 2.45) is 0 Å². The van der Waals surface area contributed by atoms with Gasteiger partial charge in [-0.15, -0.1) is 0 Å². The summed E-state index contributed by atoms with van der Waals surface area (Å²) in [7, 11) is 0. The molecule has 0 atom stereocenters. The molecule has 0 aliphatic heterocycles. The van der Waals surface area contributed by atoms with Crippen LogP contribution in [0.2, 0.25) is 0 Å². The average Bonchev–Trinajstić information content (AvgIpc) is 3.36. The van der Waals surface area contributed by atoms with E-state index in [0.717, 1.165) is 77.7 Å². The van der Waals surface area contributed by atoms with Crippen LogP contribution in [-0.2, 0) is 0 Å². The van der Waals surface area contributed by atoms with Crippen LogP contribution >= 0.6 is 0 Å². The van der Waals surface area contributed by atoms with E-state index in [1.54, 1.807) is 0 Å². The number of hydrogen-bond donors (Lipinski definition) is 0. The molecule has 2 aromatic heterocycles. The Morgan fingerprint density at radius 2 is 0.500 bits per heavy atom. The highest BCUT2D eigenvalue weighted by molar-refractivity contribution is 5.96. The molecule has 0 unspecified atom stereocenters. The Bertz CT molecular complexity index is 3400. The summed E-state index contributed by atoms with van der Waals surface area (Å²) in [5.74, 6) is 1.36. The van der Waals surface area contributed by atoms with Gasteiger partial charge >= 0.3 is 0 Å². The van der Waals surface area contributed by atoms with Gasteiger partial charge in [0.15, 0.2) is 11.6 Å². The number of para-hydroxylation sites is 2. The molecule has 0 saturated carbocycles. The zero-order valence-electron chi connectivity index (χ0n) is 33.7. The Kier molecular flexibility index (Phi) is 9.49. The number of rotatable bonds is 8. The molecule has 0 saturated heterocycles. The van der Waals surface area contributed by atoms with Gasteiger partial charge in [0.05, 0.1) is 22.4 Å². The number of nitrogens with zero attached hydrogens (tertiary/aromatic N) is 4. The van der Waals surface area contributed by atoms with E-state index in [9.17, 15) is 0 Å². The maximum atomic E-state index is 5.30. The SMILES string of the molecule is c1ccc(-c2ccc(-c3nc(-c4cccc(-c5cccc(-c6nc(-c7cccc(-c8cccc(-c9ccccc9)c8)c7)c7ccccc7n6)c5)c4)nc4ccccc34)cc2)cc1. The monoisotopic (exact) mass is 790 g/mol. The first-order chi connectivity index (χ1) is 30.7. The van der Waals surface area contributed by atoms with Crippen molar-refractivity contribution in [1.29, 1.82) is 0 Å². The zero-order valence-corrected chi connectivity index (χ0v) is 33.7. The van der Waals surface area contributed by atoms with Crippen molar-refractivity contribution in [3.8, 4) is 89.8 Å². The number of aromatic nitrogens is 4. The summed E-state index contributed by atoms with van der Waals surface area (Å²) in [6.45, 7) is 0. The van der Waals surface area contributed by atoms with Crippen LogP contribution in [0.25, 0.3) is 112 Å². The molecule has 11 rings (SSSR count). The predicted molar refractivity (Wildman–Crippen MR) is 256 cm³/mol. The fourth-order valence-electron chi connectivity index (χ4n) is 8.33. The van der Waals surface area contributed by atoms with Gasteiger partial charge in [-0.05, 0) is 80.9 Å². The van der Waals surface area contributed by atoms with E-state index < -0.39 is 0 Å². The highest BCUT2D eigenvalue weighted by Gasteiger charge is 2.16. The molecule has 0 amide bonds. The van der Waals surface area contributed by atoms with Crippen LogP contribution in [0, 0.1) is 0 Å². The van der Waals surface area contributed by atoms with Gasteiger partial charge in [0.2, 0.25) is 0 Å². The second-order valence-corrected chi connectivity index (χ2v) is 15.5. The van der Waals surface area contributed by atoms with E-state index >= 15 is 0 Å². The van der Waals surface area contributed by atoms with Gasteiger partial charge < -0.3 is 0 Å². The van der Waals surface area contributed by atoms with Gasteiger partial charge in [-0.3, -0.25) is 0 Å².